The van der Waals surface area contributed by atoms with Gasteiger partial charge in [0.05, 0.1) is 0 Å². The molecule has 3 heteroatoms. The largest absolute Gasteiger partial charge is 0.234 e. The predicted molar refractivity (Wildman–Crippen MR) is 51.1 cm³/mol. The van der Waals surface area contributed by atoms with Gasteiger partial charge in [-0.25, -0.2) is 9.37 Å². The van der Waals surface area contributed by atoms with Gasteiger partial charge in [0.2, 0.25) is 0 Å². The summed E-state index contributed by atoms with van der Waals surface area (Å²) >= 11 is 1.56. The van der Waals surface area contributed by atoms with E-state index in [9.17, 15) is 4.39 Å². The molecule has 0 spiro atoms. The van der Waals surface area contributed by atoms with E-state index in [0.717, 1.165) is 15.4 Å². The van der Waals surface area contributed by atoms with E-state index in [4.69, 9.17) is 0 Å². The number of hydrogen-bond donors (Lipinski definition) is 0. The zero-order valence-corrected chi connectivity index (χ0v) is 7.86. The van der Waals surface area contributed by atoms with Crippen LogP contribution >= 0.6 is 11.3 Å². The molecule has 0 N–H and O–H groups in total. The van der Waals surface area contributed by atoms with Gasteiger partial charge in [-0.2, -0.15) is 0 Å². The van der Waals surface area contributed by atoms with Gasteiger partial charge in [-0.15, -0.1) is 11.3 Å². The molecule has 1 aromatic carbocycles. The van der Waals surface area contributed by atoms with E-state index in [1.165, 1.54) is 12.1 Å². The Morgan fingerprint density at radius 2 is 2.00 bits per heavy atom. The van der Waals surface area contributed by atoms with Crippen molar-refractivity contribution in [2.45, 2.75) is 6.92 Å². The lowest BCUT2D eigenvalue weighted by atomic mass is 10.2. The van der Waals surface area contributed by atoms with Crippen molar-refractivity contribution in [3.63, 3.8) is 0 Å². The van der Waals surface area contributed by atoms with Gasteiger partial charge in [0.15, 0.2) is 0 Å². The molecule has 1 nitrogen and oxygen atoms in total. The summed E-state index contributed by atoms with van der Waals surface area (Å²) in [6, 6.07) is 6.32. The highest BCUT2D eigenvalue weighted by atomic mass is 32.1. The first kappa shape index (κ1) is 8.38. The third-order valence-electron chi connectivity index (χ3n) is 1.66. The normalized spacial score (nSPS) is 10.3. The lowest BCUT2D eigenvalue weighted by Gasteiger charge is -1.93. The first-order valence-corrected chi connectivity index (χ1v) is 4.68. The van der Waals surface area contributed by atoms with E-state index >= 15 is 0 Å². The molecule has 0 unspecified atom stereocenters. The molecule has 1 aromatic heterocycles. The second kappa shape index (κ2) is 3.26. The molecule has 1 heterocycles. The van der Waals surface area contributed by atoms with Crippen LogP contribution in [0, 0.1) is 18.9 Å². The zero-order valence-electron chi connectivity index (χ0n) is 7.04. The molecule has 13 heavy (non-hydrogen) atoms. The highest BCUT2D eigenvalue weighted by molar-refractivity contribution is 7.14. The number of thiazole rings is 1. The van der Waals surface area contributed by atoms with E-state index in [1.807, 2.05) is 6.92 Å². The van der Waals surface area contributed by atoms with E-state index in [-0.39, 0.29) is 5.82 Å². The Labute approximate surface area is 79.9 Å². The highest BCUT2D eigenvalue weighted by Crippen LogP contribution is 2.23. The summed E-state index contributed by atoms with van der Waals surface area (Å²) in [4.78, 5) is 5.13. The summed E-state index contributed by atoms with van der Waals surface area (Å²) in [7, 11) is 0. The predicted octanol–water partition coefficient (Wildman–Crippen LogP) is 3.06. The summed E-state index contributed by atoms with van der Waals surface area (Å²) in [6.45, 7) is 1.95. The summed E-state index contributed by atoms with van der Waals surface area (Å²) in [5.41, 5.74) is 0.941. The van der Waals surface area contributed by atoms with Crippen molar-refractivity contribution in [2.24, 2.45) is 0 Å². The number of halogens is 1. The summed E-state index contributed by atoms with van der Waals surface area (Å²) in [6.07, 6.45) is 2.86. The molecule has 1 radical (unpaired) electrons. The standard InChI is InChI=1S/C10H7FNS/c1-7-6-12-10(13-7)8-2-4-9(11)5-3-8/h2-5H,1H3. The fraction of sp³-hybridized carbons (Fsp3) is 0.100. The maximum absolute atomic E-state index is 12.6. The Hall–Kier alpha value is -1.22. The van der Waals surface area contributed by atoms with Crippen LogP contribution in [0.3, 0.4) is 0 Å². The molecule has 2 aromatic rings. The Morgan fingerprint density at radius 3 is 2.54 bits per heavy atom. The van der Waals surface area contributed by atoms with Crippen LogP contribution in [0.5, 0.6) is 0 Å². The van der Waals surface area contributed by atoms with Gasteiger partial charge in [0.25, 0.3) is 0 Å². The first-order chi connectivity index (χ1) is 6.25. The van der Waals surface area contributed by atoms with E-state index in [1.54, 1.807) is 23.5 Å². The maximum atomic E-state index is 12.6. The molecule has 65 valence electrons. The van der Waals surface area contributed by atoms with Gasteiger partial charge < -0.3 is 0 Å². The molecule has 0 bridgehead atoms. The molecule has 0 aliphatic rings. The Kier molecular flexibility index (Phi) is 2.10. The second-order valence-corrected chi connectivity index (χ2v) is 3.90. The Balaban J connectivity index is 2.41. The SMILES string of the molecule is Cc1[c]nc(-c2ccc(F)cc2)s1. The minimum Gasteiger partial charge on any atom is -0.234 e. The quantitative estimate of drug-likeness (QED) is 0.676. The van der Waals surface area contributed by atoms with Crippen molar-refractivity contribution in [1.82, 2.24) is 4.98 Å². The third kappa shape index (κ3) is 1.75. The first-order valence-electron chi connectivity index (χ1n) is 3.87. The molecule has 0 aliphatic carbocycles. The van der Waals surface area contributed by atoms with Gasteiger partial charge in [0.1, 0.15) is 17.0 Å². The van der Waals surface area contributed by atoms with E-state index in [0.29, 0.717) is 0 Å². The monoisotopic (exact) mass is 192 g/mol. The lowest BCUT2D eigenvalue weighted by Crippen LogP contribution is -1.76. The van der Waals surface area contributed by atoms with Crippen LogP contribution in [0.15, 0.2) is 24.3 Å². The second-order valence-electron chi connectivity index (χ2n) is 2.69. The third-order valence-corrected chi connectivity index (χ3v) is 2.57. The van der Waals surface area contributed by atoms with Crippen LogP contribution in [0.2, 0.25) is 0 Å². The van der Waals surface area contributed by atoms with Gasteiger partial charge in [0, 0.05) is 10.4 Å². The molecular formula is C10H7FNS. The number of rotatable bonds is 1. The zero-order chi connectivity index (χ0) is 9.26. The average Bonchev–Trinajstić information content (AvgIpc) is 2.53. The van der Waals surface area contributed by atoms with Crippen LogP contribution in [-0.2, 0) is 0 Å². The van der Waals surface area contributed by atoms with Crippen molar-refractivity contribution in [3.05, 3.63) is 41.2 Å². The van der Waals surface area contributed by atoms with Crippen LogP contribution in [0.25, 0.3) is 10.6 Å². The van der Waals surface area contributed by atoms with E-state index in [2.05, 4.69) is 11.2 Å². The fourth-order valence-corrected chi connectivity index (χ4v) is 1.76. The van der Waals surface area contributed by atoms with Gasteiger partial charge in [-0.05, 0) is 31.2 Å². The molecule has 0 amide bonds. The molecule has 0 atom stereocenters. The van der Waals surface area contributed by atoms with E-state index < -0.39 is 0 Å². The van der Waals surface area contributed by atoms with Crippen LogP contribution in [-0.4, -0.2) is 4.98 Å². The fourth-order valence-electron chi connectivity index (χ4n) is 1.04. The van der Waals surface area contributed by atoms with Gasteiger partial charge >= 0.3 is 0 Å². The number of benzene rings is 1. The topological polar surface area (TPSA) is 12.9 Å². The van der Waals surface area contributed by atoms with Crippen molar-refractivity contribution >= 4 is 11.3 Å². The molecule has 0 fully saturated rings. The minimum atomic E-state index is -0.221. The number of aromatic nitrogens is 1. The summed E-state index contributed by atoms with van der Waals surface area (Å²) in [5, 5.41) is 0.887. The molecule has 0 aliphatic heterocycles. The number of aryl methyl sites for hydroxylation is 1. The molecule has 2 rings (SSSR count). The maximum Gasteiger partial charge on any atom is 0.124 e. The van der Waals surface area contributed by atoms with Gasteiger partial charge in [-0.1, -0.05) is 0 Å². The van der Waals surface area contributed by atoms with Crippen LogP contribution in [0.4, 0.5) is 4.39 Å². The summed E-state index contributed by atoms with van der Waals surface area (Å²) in [5.74, 6) is -0.221. The number of hydrogen-bond acceptors (Lipinski definition) is 2. The Bertz CT molecular complexity index is 405. The molecule has 0 saturated carbocycles. The molecule has 0 saturated heterocycles. The smallest absolute Gasteiger partial charge is 0.124 e. The minimum absolute atomic E-state index is 0.221. The van der Waals surface area contributed by atoms with Gasteiger partial charge in [-0.3, -0.25) is 0 Å². The summed E-state index contributed by atoms with van der Waals surface area (Å²) < 4.78 is 12.6. The van der Waals surface area contributed by atoms with Crippen molar-refractivity contribution in [2.75, 3.05) is 0 Å². The van der Waals surface area contributed by atoms with Crippen LogP contribution < -0.4 is 0 Å². The van der Waals surface area contributed by atoms with Crippen molar-refractivity contribution in [1.29, 1.82) is 0 Å². The van der Waals surface area contributed by atoms with Crippen molar-refractivity contribution in [3.8, 4) is 10.6 Å². The van der Waals surface area contributed by atoms with Crippen molar-refractivity contribution < 1.29 is 4.39 Å². The lowest BCUT2D eigenvalue weighted by molar-refractivity contribution is 0.628. The average molecular weight is 192 g/mol. The highest BCUT2D eigenvalue weighted by Gasteiger charge is 2.01. The Morgan fingerprint density at radius 1 is 1.31 bits per heavy atom. The molecular weight excluding hydrogens is 185 g/mol. The number of nitrogens with zero attached hydrogens (tertiary/aromatic N) is 1. The van der Waals surface area contributed by atoms with Crippen LogP contribution in [0.1, 0.15) is 4.88 Å².